The van der Waals surface area contributed by atoms with E-state index in [1.54, 1.807) is 19.4 Å². The van der Waals surface area contributed by atoms with Gasteiger partial charge in [-0.25, -0.2) is 4.98 Å². The normalized spacial score (nSPS) is 11.8. The van der Waals surface area contributed by atoms with Crippen molar-refractivity contribution in [2.24, 2.45) is 5.73 Å². The van der Waals surface area contributed by atoms with E-state index < -0.39 is 0 Å². The van der Waals surface area contributed by atoms with Crippen LogP contribution in [0.25, 0.3) is 11.3 Å². The molecule has 132 valence electrons. The molecule has 1 heterocycles. The number of Topliss-reactive ketones (excluding diaryl/α,β-unsaturated/α-hetero) is 1. The van der Waals surface area contributed by atoms with Crippen LogP contribution in [0.15, 0.2) is 66.9 Å². The molecule has 0 aliphatic carbocycles. The Balaban J connectivity index is 1.89. The molecule has 0 aliphatic heterocycles. The summed E-state index contributed by atoms with van der Waals surface area (Å²) in [5.41, 5.74) is 11.8. The van der Waals surface area contributed by atoms with Crippen LogP contribution in [0.4, 0.5) is 11.4 Å². The Bertz CT molecular complexity index is 950. The topological polar surface area (TPSA) is 72.9 Å². The minimum absolute atomic E-state index is 0.0375. The number of hydrogen-bond acceptors (Lipinski definition) is 4. The number of aromatic nitrogens is 2. The van der Waals surface area contributed by atoms with Crippen molar-refractivity contribution in [3.8, 4) is 5.69 Å². The smallest absolute Gasteiger partial charge is 0.162 e. The van der Waals surface area contributed by atoms with Crippen LogP contribution in [0.3, 0.4) is 0 Å². The van der Waals surface area contributed by atoms with Gasteiger partial charge in [-0.1, -0.05) is 12.1 Å². The third-order valence-electron chi connectivity index (χ3n) is 4.22. The minimum Gasteiger partial charge on any atom is -0.402 e. The zero-order valence-electron chi connectivity index (χ0n) is 15.2. The lowest BCUT2D eigenvalue weighted by molar-refractivity contribution is -0.111. The molecule has 0 saturated carbocycles. The Labute approximate surface area is 153 Å². The summed E-state index contributed by atoms with van der Waals surface area (Å²) in [6.07, 6.45) is 5.42. The molecule has 3 aromatic rings. The van der Waals surface area contributed by atoms with Gasteiger partial charge in [-0.3, -0.25) is 4.79 Å². The van der Waals surface area contributed by atoms with Gasteiger partial charge in [0.2, 0.25) is 0 Å². The first-order chi connectivity index (χ1) is 12.5. The number of imidazole rings is 1. The summed E-state index contributed by atoms with van der Waals surface area (Å²) >= 11 is 0. The number of anilines is 2. The van der Waals surface area contributed by atoms with E-state index in [9.17, 15) is 4.79 Å². The fraction of sp³-hybridized carbons (Fsp3) is 0.143. The van der Waals surface area contributed by atoms with E-state index in [-0.39, 0.29) is 5.78 Å². The summed E-state index contributed by atoms with van der Waals surface area (Å²) in [5.74, 6) is -0.0375. The summed E-state index contributed by atoms with van der Waals surface area (Å²) in [5, 5.41) is 3.42. The molecule has 3 N–H and O–H groups in total. The standard InChI is InChI=1S/C21H22N4O/c1-14-4-5-17(21(15(2)22)16(3)26)12-20(14)24-18-6-8-19(9-7-18)25-11-10-23-13-25/h4-13,24H,22H2,1-3H3. The highest BCUT2D eigenvalue weighted by Gasteiger charge is 2.12. The Morgan fingerprint density at radius 2 is 1.85 bits per heavy atom. The molecular formula is C21H22N4O. The number of ketones is 1. The van der Waals surface area contributed by atoms with Crippen molar-refractivity contribution in [3.05, 3.63) is 78.0 Å². The van der Waals surface area contributed by atoms with E-state index in [0.29, 0.717) is 11.3 Å². The van der Waals surface area contributed by atoms with Gasteiger partial charge in [0, 0.05) is 40.7 Å². The van der Waals surface area contributed by atoms with Gasteiger partial charge in [-0.2, -0.15) is 0 Å². The van der Waals surface area contributed by atoms with E-state index in [4.69, 9.17) is 5.73 Å². The summed E-state index contributed by atoms with van der Waals surface area (Å²) in [6, 6.07) is 13.9. The summed E-state index contributed by atoms with van der Waals surface area (Å²) < 4.78 is 1.95. The average Bonchev–Trinajstić information content (AvgIpc) is 3.12. The van der Waals surface area contributed by atoms with E-state index in [1.165, 1.54) is 6.92 Å². The zero-order valence-corrected chi connectivity index (χ0v) is 15.2. The first-order valence-corrected chi connectivity index (χ1v) is 8.39. The Morgan fingerprint density at radius 3 is 2.42 bits per heavy atom. The maximum atomic E-state index is 11.9. The van der Waals surface area contributed by atoms with Gasteiger partial charge in [0.25, 0.3) is 0 Å². The molecule has 1 aromatic heterocycles. The predicted molar refractivity (Wildman–Crippen MR) is 105 cm³/mol. The SMILES string of the molecule is CC(=O)C(=C(C)N)c1ccc(C)c(Nc2ccc(-n3ccnc3)cc2)c1. The lowest BCUT2D eigenvalue weighted by Crippen LogP contribution is -2.06. The fourth-order valence-electron chi connectivity index (χ4n) is 2.91. The zero-order chi connectivity index (χ0) is 18.7. The van der Waals surface area contributed by atoms with E-state index in [1.807, 2.05) is 60.2 Å². The van der Waals surface area contributed by atoms with Gasteiger partial charge in [0.15, 0.2) is 5.78 Å². The second-order valence-corrected chi connectivity index (χ2v) is 6.29. The number of nitrogens with zero attached hydrogens (tertiary/aromatic N) is 2. The van der Waals surface area contributed by atoms with Crippen molar-refractivity contribution in [1.82, 2.24) is 9.55 Å². The Hall–Kier alpha value is -3.34. The van der Waals surface area contributed by atoms with Crippen molar-refractivity contribution in [3.63, 3.8) is 0 Å². The molecule has 0 spiro atoms. The molecule has 2 aromatic carbocycles. The number of aryl methyl sites for hydroxylation is 1. The molecule has 0 unspecified atom stereocenters. The monoisotopic (exact) mass is 346 g/mol. The Morgan fingerprint density at radius 1 is 1.12 bits per heavy atom. The minimum atomic E-state index is -0.0375. The lowest BCUT2D eigenvalue weighted by atomic mass is 9.98. The number of benzene rings is 2. The number of nitrogens with two attached hydrogens (primary N) is 1. The molecule has 0 bridgehead atoms. The second-order valence-electron chi connectivity index (χ2n) is 6.29. The summed E-state index contributed by atoms with van der Waals surface area (Å²) in [4.78, 5) is 16.0. The Kier molecular flexibility index (Phi) is 4.89. The average molecular weight is 346 g/mol. The molecule has 0 fully saturated rings. The highest BCUT2D eigenvalue weighted by atomic mass is 16.1. The number of allylic oxidation sites excluding steroid dienone is 2. The number of carbonyl (C=O) groups is 1. The highest BCUT2D eigenvalue weighted by Crippen LogP contribution is 2.27. The van der Waals surface area contributed by atoms with Gasteiger partial charge >= 0.3 is 0 Å². The molecule has 0 radical (unpaired) electrons. The van der Waals surface area contributed by atoms with Crippen molar-refractivity contribution in [2.75, 3.05) is 5.32 Å². The van der Waals surface area contributed by atoms with Crippen LogP contribution in [0.2, 0.25) is 0 Å². The maximum Gasteiger partial charge on any atom is 0.162 e. The maximum absolute atomic E-state index is 11.9. The third-order valence-corrected chi connectivity index (χ3v) is 4.22. The van der Waals surface area contributed by atoms with Crippen molar-refractivity contribution in [1.29, 1.82) is 0 Å². The van der Waals surface area contributed by atoms with E-state index in [2.05, 4.69) is 10.3 Å². The number of hydrogen-bond donors (Lipinski definition) is 2. The molecule has 5 nitrogen and oxygen atoms in total. The molecule has 5 heteroatoms. The fourth-order valence-corrected chi connectivity index (χ4v) is 2.91. The first kappa shape index (κ1) is 17.5. The van der Waals surface area contributed by atoms with Crippen LogP contribution >= 0.6 is 0 Å². The highest BCUT2D eigenvalue weighted by molar-refractivity contribution is 6.20. The predicted octanol–water partition coefficient (Wildman–Crippen LogP) is 4.20. The summed E-state index contributed by atoms with van der Waals surface area (Å²) in [7, 11) is 0. The summed E-state index contributed by atoms with van der Waals surface area (Å²) in [6.45, 7) is 5.31. The van der Waals surface area contributed by atoms with Crippen LogP contribution in [0, 0.1) is 6.92 Å². The van der Waals surface area contributed by atoms with Crippen LogP contribution in [0.1, 0.15) is 25.0 Å². The quantitative estimate of drug-likeness (QED) is 0.679. The van der Waals surface area contributed by atoms with Gasteiger partial charge in [0.1, 0.15) is 0 Å². The van der Waals surface area contributed by atoms with Crippen LogP contribution in [-0.4, -0.2) is 15.3 Å². The van der Waals surface area contributed by atoms with Gasteiger partial charge in [0.05, 0.1) is 6.33 Å². The first-order valence-electron chi connectivity index (χ1n) is 8.39. The van der Waals surface area contributed by atoms with Crippen molar-refractivity contribution < 1.29 is 4.79 Å². The van der Waals surface area contributed by atoms with Gasteiger partial charge in [-0.15, -0.1) is 0 Å². The molecule has 0 atom stereocenters. The molecule has 0 aliphatic rings. The molecule has 0 amide bonds. The van der Waals surface area contributed by atoms with Crippen molar-refractivity contribution >= 4 is 22.7 Å². The molecule has 0 saturated heterocycles. The van der Waals surface area contributed by atoms with Crippen LogP contribution in [-0.2, 0) is 4.79 Å². The largest absolute Gasteiger partial charge is 0.402 e. The third kappa shape index (κ3) is 3.67. The molecule has 26 heavy (non-hydrogen) atoms. The lowest BCUT2D eigenvalue weighted by Gasteiger charge is -2.14. The van der Waals surface area contributed by atoms with Gasteiger partial charge in [-0.05, 0) is 62.2 Å². The number of rotatable bonds is 5. The van der Waals surface area contributed by atoms with Crippen molar-refractivity contribution in [2.45, 2.75) is 20.8 Å². The number of nitrogens with one attached hydrogen (secondary N) is 1. The van der Waals surface area contributed by atoms with Crippen LogP contribution < -0.4 is 11.1 Å². The second kappa shape index (κ2) is 7.27. The van der Waals surface area contributed by atoms with Crippen LogP contribution in [0.5, 0.6) is 0 Å². The van der Waals surface area contributed by atoms with E-state index >= 15 is 0 Å². The molecular weight excluding hydrogens is 324 g/mol. The molecule has 3 rings (SSSR count). The van der Waals surface area contributed by atoms with E-state index in [0.717, 1.165) is 28.2 Å². The number of carbonyl (C=O) groups excluding carboxylic acids is 1. The van der Waals surface area contributed by atoms with Gasteiger partial charge < -0.3 is 15.6 Å².